The maximum atomic E-state index is 10.7. The predicted molar refractivity (Wildman–Crippen MR) is 84.0 cm³/mol. The third-order valence-electron chi connectivity index (χ3n) is 3.68. The molecule has 1 aliphatic heterocycles. The Balaban J connectivity index is 1.92. The zero-order valence-electron chi connectivity index (χ0n) is 12.2. The van der Waals surface area contributed by atoms with E-state index in [0.717, 1.165) is 51.2 Å². The first kappa shape index (κ1) is 15.3. The van der Waals surface area contributed by atoms with E-state index in [1.54, 1.807) is 6.07 Å². The zero-order chi connectivity index (χ0) is 14.5. The Kier molecular flexibility index (Phi) is 5.40. The van der Waals surface area contributed by atoms with Gasteiger partial charge in [0.15, 0.2) is 0 Å². The summed E-state index contributed by atoms with van der Waals surface area (Å²) < 4.78 is 0. The number of rotatable bonds is 5. The summed E-state index contributed by atoms with van der Waals surface area (Å²) in [6.45, 7) is 6.27. The molecule has 4 nitrogen and oxygen atoms in total. The molecule has 1 aromatic rings. The van der Waals surface area contributed by atoms with Crippen LogP contribution in [0.2, 0.25) is 5.02 Å². The molecule has 110 valence electrons. The molecule has 0 saturated carbocycles. The Morgan fingerprint density at radius 1 is 1.25 bits per heavy atom. The second-order valence-corrected chi connectivity index (χ2v) is 5.87. The summed E-state index contributed by atoms with van der Waals surface area (Å²) in [5.74, 6) is 0. The van der Waals surface area contributed by atoms with Crippen LogP contribution in [0.5, 0.6) is 0 Å². The number of anilines is 1. The Labute approximate surface area is 125 Å². The largest absolute Gasteiger partial charge is 0.368 e. The summed E-state index contributed by atoms with van der Waals surface area (Å²) in [6, 6.07) is 5.51. The van der Waals surface area contributed by atoms with Crippen LogP contribution < -0.4 is 4.90 Å². The normalized spacial score (nSPS) is 16.7. The smallest absolute Gasteiger partial charge is 0.150 e. The number of aldehydes is 1. The van der Waals surface area contributed by atoms with Gasteiger partial charge in [-0.3, -0.25) is 9.69 Å². The third kappa shape index (κ3) is 3.95. The van der Waals surface area contributed by atoms with E-state index in [0.29, 0.717) is 10.6 Å². The molecule has 0 aliphatic carbocycles. The van der Waals surface area contributed by atoms with Gasteiger partial charge in [-0.15, -0.1) is 0 Å². The fourth-order valence-electron chi connectivity index (χ4n) is 2.41. The molecule has 0 radical (unpaired) electrons. The fraction of sp³-hybridized carbons (Fsp3) is 0.533. The highest BCUT2D eigenvalue weighted by Crippen LogP contribution is 2.27. The molecular formula is C15H22ClN3O. The van der Waals surface area contributed by atoms with Gasteiger partial charge < -0.3 is 9.80 Å². The summed E-state index contributed by atoms with van der Waals surface area (Å²) in [6.07, 6.45) is 0.828. The highest BCUT2D eigenvalue weighted by molar-refractivity contribution is 6.33. The van der Waals surface area contributed by atoms with E-state index in [4.69, 9.17) is 11.6 Å². The molecule has 1 saturated heterocycles. The highest BCUT2D eigenvalue weighted by Gasteiger charge is 2.18. The fourth-order valence-corrected chi connectivity index (χ4v) is 2.72. The van der Waals surface area contributed by atoms with Crippen LogP contribution in [0.25, 0.3) is 0 Å². The molecule has 0 unspecified atom stereocenters. The third-order valence-corrected chi connectivity index (χ3v) is 3.99. The van der Waals surface area contributed by atoms with E-state index in [-0.39, 0.29) is 0 Å². The predicted octanol–water partition coefficient (Wildman–Crippen LogP) is 1.84. The minimum absolute atomic E-state index is 0.628. The van der Waals surface area contributed by atoms with Crippen LogP contribution >= 0.6 is 11.6 Å². The quantitative estimate of drug-likeness (QED) is 0.775. The summed E-state index contributed by atoms with van der Waals surface area (Å²) >= 11 is 6.26. The second kappa shape index (κ2) is 7.07. The molecule has 0 aromatic heterocycles. The van der Waals surface area contributed by atoms with Crippen molar-refractivity contribution in [1.82, 2.24) is 9.80 Å². The Morgan fingerprint density at radius 3 is 2.50 bits per heavy atom. The van der Waals surface area contributed by atoms with Gasteiger partial charge in [0.2, 0.25) is 0 Å². The molecule has 2 rings (SSSR count). The van der Waals surface area contributed by atoms with Crippen molar-refractivity contribution >= 4 is 23.6 Å². The van der Waals surface area contributed by atoms with Crippen molar-refractivity contribution in [3.05, 3.63) is 28.8 Å². The molecule has 5 heteroatoms. The van der Waals surface area contributed by atoms with Crippen molar-refractivity contribution < 1.29 is 4.79 Å². The number of carbonyl (C=O) groups is 1. The maximum Gasteiger partial charge on any atom is 0.150 e. The molecule has 0 amide bonds. The van der Waals surface area contributed by atoms with Gasteiger partial charge in [0.1, 0.15) is 6.29 Å². The minimum atomic E-state index is 0.628. The van der Waals surface area contributed by atoms with Crippen LogP contribution in [0.15, 0.2) is 18.2 Å². The molecule has 0 spiro atoms. The number of piperazine rings is 1. The molecule has 0 N–H and O–H groups in total. The van der Waals surface area contributed by atoms with Crippen LogP contribution in [-0.4, -0.2) is 69.4 Å². The lowest BCUT2D eigenvalue weighted by Gasteiger charge is -2.36. The monoisotopic (exact) mass is 295 g/mol. The van der Waals surface area contributed by atoms with Crippen molar-refractivity contribution in [2.75, 3.05) is 58.3 Å². The molecule has 20 heavy (non-hydrogen) atoms. The Hall–Kier alpha value is -1.10. The lowest BCUT2D eigenvalue weighted by Crippen LogP contribution is -2.48. The van der Waals surface area contributed by atoms with Gasteiger partial charge in [0.05, 0.1) is 10.7 Å². The van der Waals surface area contributed by atoms with Crippen molar-refractivity contribution in [1.29, 1.82) is 0 Å². The number of benzene rings is 1. The van der Waals surface area contributed by atoms with Gasteiger partial charge in [-0.25, -0.2) is 0 Å². The number of nitrogens with zero attached hydrogens (tertiary/aromatic N) is 3. The zero-order valence-corrected chi connectivity index (χ0v) is 12.9. The Morgan fingerprint density at radius 2 is 1.95 bits per heavy atom. The van der Waals surface area contributed by atoms with Crippen LogP contribution in [0, 0.1) is 0 Å². The lowest BCUT2D eigenvalue weighted by atomic mass is 10.2. The second-order valence-electron chi connectivity index (χ2n) is 5.46. The molecule has 1 aromatic carbocycles. The van der Waals surface area contributed by atoms with E-state index in [9.17, 15) is 4.79 Å². The molecular weight excluding hydrogens is 274 g/mol. The van der Waals surface area contributed by atoms with Crippen molar-refractivity contribution in [2.45, 2.75) is 0 Å². The average molecular weight is 296 g/mol. The van der Waals surface area contributed by atoms with E-state index in [1.165, 1.54) is 0 Å². The number of hydrogen-bond donors (Lipinski definition) is 0. The van der Waals surface area contributed by atoms with E-state index < -0.39 is 0 Å². The first-order valence-electron chi connectivity index (χ1n) is 6.97. The Bertz CT molecular complexity index is 456. The van der Waals surface area contributed by atoms with Gasteiger partial charge in [-0.2, -0.15) is 0 Å². The van der Waals surface area contributed by atoms with Gasteiger partial charge in [-0.05, 0) is 32.3 Å². The number of halogens is 1. The molecule has 1 aliphatic rings. The molecule has 0 bridgehead atoms. The van der Waals surface area contributed by atoms with Gasteiger partial charge in [-0.1, -0.05) is 11.6 Å². The van der Waals surface area contributed by atoms with Crippen LogP contribution in [0.4, 0.5) is 5.69 Å². The summed E-state index contributed by atoms with van der Waals surface area (Å²) in [5.41, 5.74) is 1.66. The van der Waals surface area contributed by atoms with Crippen molar-refractivity contribution in [3.63, 3.8) is 0 Å². The number of carbonyl (C=O) groups excluding carboxylic acids is 1. The summed E-state index contributed by atoms with van der Waals surface area (Å²) in [7, 11) is 4.20. The summed E-state index contributed by atoms with van der Waals surface area (Å²) in [5, 5.41) is 0.663. The average Bonchev–Trinajstić information content (AvgIpc) is 2.45. The highest BCUT2D eigenvalue weighted by atomic mass is 35.5. The first-order chi connectivity index (χ1) is 9.60. The van der Waals surface area contributed by atoms with Crippen LogP contribution in [0.1, 0.15) is 10.4 Å². The van der Waals surface area contributed by atoms with E-state index >= 15 is 0 Å². The summed E-state index contributed by atoms with van der Waals surface area (Å²) in [4.78, 5) is 17.7. The lowest BCUT2D eigenvalue weighted by molar-refractivity contribution is 0.112. The van der Waals surface area contributed by atoms with E-state index in [1.807, 2.05) is 12.1 Å². The van der Waals surface area contributed by atoms with E-state index in [2.05, 4.69) is 28.8 Å². The topological polar surface area (TPSA) is 26.8 Å². The van der Waals surface area contributed by atoms with Gasteiger partial charge in [0.25, 0.3) is 0 Å². The van der Waals surface area contributed by atoms with Crippen LogP contribution in [-0.2, 0) is 0 Å². The molecule has 1 fully saturated rings. The van der Waals surface area contributed by atoms with Crippen molar-refractivity contribution in [2.24, 2.45) is 0 Å². The number of hydrogen-bond acceptors (Lipinski definition) is 4. The number of likely N-dealkylation sites (N-methyl/N-ethyl adjacent to an activating group) is 1. The maximum absolute atomic E-state index is 10.7. The minimum Gasteiger partial charge on any atom is -0.368 e. The van der Waals surface area contributed by atoms with Gasteiger partial charge >= 0.3 is 0 Å². The first-order valence-corrected chi connectivity index (χ1v) is 7.34. The van der Waals surface area contributed by atoms with Gasteiger partial charge in [0, 0.05) is 44.8 Å². The SMILES string of the molecule is CN(C)CCN1CCN(c2ccc(C=O)cc2Cl)CC1. The molecule has 1 heterocycles. The molecule has 0 atom stereocenters. The van der Waals surface area contributed by atoms with Crippen molar-refractivity contribution in [3.8, 4) is 0 Å². The van der Waals surface area contributed by atoms with Crippen LogP contribution in [0.3, 0.4) is 0 Å². The standard InChI is InChI=1S/C15H22ClN3O/c1-17(2)5-6-18-7-9-19(10-8-18)15-4-3-13(12-20)11-14(15)16/h3-4,11-12H,5-10H2,1-2H3.